The average Bonchev–Trinajstić information content (AvgIpc) is 3.32. The van der Waals surface area contributed by atoms with Crippen LogP contribution < -0.4 is 10.6 Å². The lowest BCUT2D eigenvalue weighted by atomic mass is 9.91. The summed E-state index contributed by atoms with van der Waals surface area (Å²) in [6, 6.07) is 4.47. The molecule has 2 N–H and O–H groups in total. The summed E-state index contributed by atoms with van der Waals surface area (Å²) in [5.74, 6) is -0.144. The van der Waals surface area contributed by atoms with Crippen molar-refractivity contribution in [1.29, 1.82) is 0 Å². The van der Waals surface area contributed by atoms with Crippen LogP contribution in [0.1, 0.15) is 41.7 Å². The second kappa shape index (κ2) is 9.01. The summed E-state index contributed by atoms with van der Waals surface area (Å²) in [4.78, 5) is 16.1. The lowest BCUT2D eigenvalue weighted by Crippen LogP contribution is -2.40. The van der Waals surface area contributed by atoms with Gasteiger partial charge in [0.15, 0.2) is 10.8 Å². The van der Waals surface area contributed by atoms with Gasteiger partial charge in [0.2, 0.25) is 0 Å². The highest BCUT2D eigenvalue weighted by molar-refractivity contribution is 6.32. The zero-order valence-electron chi connectivity index (χ0n) is 17.4. The minimum atomic E-state index is -4.55. The van der Waals surface area contributed by atoms with Gasteiger partial charge in [0.25, 0.3) is 5.91 Å². The Bertz CT molecular complexity index is 1180. The SMILES string of the molecule is O=C(N[C@H]1CC[C@@H](Nc2cccc3nc(C(F)(F)F)cn23)CC1)c1cn(CC(F)(F)F)nc1Cl. The minimum absolute atomic E-state index is 0.0476. The van der Waals surface area contributed by atoms with E-state index in [1.807, 2.05) is 0 Å². The summed E-state index contributed by atoms with van der Waals surface area (Å²) in [5, 5.41) is 9.20. The van der Waals surface area contributed by atoms with Crippen molar-refractivity contribution < 1.29 is 31.1 Å². The molecule has 0 unspecified atom stereocenters. The zero-order valence-corrected chi connectivity index (χ0v) is 18.2. The number of imidazole rings is 1. The molecule has 1 aliphatic rings. The normalized spacial score (nSPS) is 19.4. The van der Waals surface area contributed by atoms with Gasteiger partial charge in [-0.05, 0) is 37.8 Å². The Labute approximate surface area is 194 Å². The number of carbonyl (C=O) groups is 1. The molecule has 1 saturated carbocycles. The highest BCUT2D eigenvalue weighted by atomic mass is 35.5. The molecule has 1 fully saturated rings. The van der Waals surface area contributed by atoms with Crippen molar-refractivity contribution in [2.24, 2.45) is 0 Å². The topological polar surface area (TPSA) is 76.2 Å². The molecule has 3 heterocycles. The molecule has 0 aromatic carbocycles. The van der Waals surface area contributed by atoms with Crippen LogP contribution in [0.5, 0.6) is 0 Å². The number of pyridine rings is 1. The van der Waals surface area contributed by atoms with E-state index >= 15 is 0 Å². The number of alkyl halides is 6. The average molecular weight is 509 g/mol. The predicted octanol–water partition coefficient (Wildman–Crippen LogP) is 4.92. The first-order valence-electron chi connectivity index (χ1n) is 10.3. The Morgan fingerprint density at radius 2 is 1.74 bits per heavy atom. The second-order valence-electron chi connectivity index (χ2n) is 8.08. The molecule has 34 heavy (non-hydrogen) atoms. The van der Waals surface area contributed by atoms with E-state index in [1.54, 1.807) is 12.1 Å². The van der Waals surface area contributed by atoms with Gasteiger partial charge in [-0.3, -0.25) is 13.9 Å². The molecule has 7 nitrogen and oxygen atoms in total. The highest BCUT2D eigenvalue weighted by Gasteiger charge is 2.34. The fraction of sp³-hybridized carbons (Fsp3) is 0.450. The first kappa shape index (κ1) is 24.2. The molecule has 0 radical (unpaired) electrons. The van der Waals surface area contributed by atoms with Crippen LogP contribution in [0.25, 0.3) is 5.65 Å². The van der Waals surface area contributed by atoms with E-state index in [0.717, 1.165) is 12.4 Å². The van der Waals surface area contributed by atoms with Crippen molar-refractivity contribution in [2.75, 3.05) is 5.32 Å². The summed E-state index contributed by atoms with van der Waals surface area (Å²) >= 11 is 5.83. The van der Waals surface area contributed by atoms with E-state index < -0.39 is 30.5 Å². The Morgan fingerprint density at radius 1 is 1.06 bits per heavy atom. The van der Waals surface area contributed by atoms with E-state index in [9.17, 15) is 31.1 Å². The van der Waals surface area contributed by atoms with Crippen LogP contribution in [-0.4, -0.2) is 43.3 Å². The summed E-state index contributed by atoms with van der Waals surface area (Å²) in [7, 11) is 0. The molecule has 1 aliphatic carbocycles. The molecule has 3 aromatic heterocycles. The van der Waals surface area contributed by atoms with Crippen LogP contribution in [0.4, 0.5) is 32.2 Å². The van der Waals surface area contributed by atoms with Gasteiger partial charge >= 0.3 is 12.4 Å². The standard InChI is InChI=1S/C20H19ClF6N6O/c21-17-13(8-32(31-17)10-19(22,23)24)18(34)29-12-6-4-11(5-7-12)28-15-2-1-3-16-30-14(9-33(15)16)20(25,26)27/h1-3,8-9,11-12,28H,4-7,10H2,(H,29,34)/t11-,12+. The third-order valence-electron chi connectivity index (χ3n) is 5.50. The van der Waals surface area contributed by atoms with Crippen molar-refractivity contribution in [3.05, 3.63) is 47.0 Å². The third-order valence-corrected chi connectivity index (χ3v) is 5.78. The van der Waals surface area contributed by atoms with Crippen molar-refractivity contribution in [2.45, 2.75) is 56.7 Å². The molecule has 184 valence electrons. The monoisotopic (exact) mass is 508 g/mol. The lowest BCUT2D eigenvalue weighted by molar-refractivity contribution is -0.142. The number of anilines is 1. The molecule has 1 amide bonds. The zero-order chi connectivity index (χ0) is 24.7. The molecular formula is C20H19ClF6N6O. The van der Waals surface area contributed by atoms with Gasteiger partial charge < -0.3 is 10.6 Å². The molecule has 0 saturated heterocycles. The van der Waals surface area contributed by atoms with E-state index in [4.69, 9.17) is 11.6 Å². The summed E-state index contributed by atoms with van der Waals surface area (Å²) < 4.78 is 78.5. The number of amides is 1. The molecule has 3 aromatic rings. The number of nitrogens with zero attached hydrogens (tertiary/aromatic N) is 4. The minimum Gasteiger partial charge on any atom is -0.368 e. The Morgan fingerprint density at radius 3 is 2.38 bits per heavy atom. The number of nitrogens with one attached hydrogen (secondary N) is 2. The van der Waals surface area contributed by atoms with Crippen LogP contribution in [-0.2, 0) is 12.7 Å². The molecule has 0 spiro atoms. The Kier molecular flexibility index (Phi) is 6.40. The second-order valence-corrected chi connectivity index (χ2v) is 8.43. The smallest absolute Gasteiger partial charge is 0.368 e. The third kappa shape index (κ3) is 5.57. The fourth-order valence-corrected chi connectivity index (χ4v) is 4.17. The number of hydrogen-bond donors (Lipinski definition) is 2. The van der Waals surface area contributed by atoms with E-state index in [1.165, 1.54) is 10.5 Å². The van der Waals surface area contributed by atoms with Crippen molar-refractivity contribution in [1.82, 2.24) is 24.5 Å². The van der Waals surface area contributed by atoms with Gasteiger partial charge in [0, 0.05) is 24.5 Å². The van der Waals surface area contributed by atoms with Crippen molar-refractivity contribution in [3.63, 3.8) is 0 Å². The van der Waals surface area contributed by atoms with Crippen LogP contribution in [0.2, 0.25) is 5.15 Å². The lowest BCUT2D eigenvalue weighted by Gasteiger charge is -2.30. The van der Waals surface area contributed by atoms with Crippen LogP contribution in [0, 0.1) is 0 Å². The maximum absolute atomic E-state index is 13.0. The van der Waals surface area contributed by atoms with Gasteiger partial charge in [-0.2, -0.15) is 31.4 Å². The number of rotatable bonds is 5. The highest BCUT2D eigenvalue weighted by Crippen LogP contribution is 2.30. The van der Waals surface area contributed by atoms with Crippen LogP contribution in [0.15, 0.2) is 30.6 Å². The summed E-state index contributed by atoms with van der Waals surface area (Å²) in [6.45, 7) is -1.36. The maximum Gasteiger partial charge on any atom is 0.434 e. The molecular weight excluding hydrogens is 490 g/mol. The largest absolute Gasteiger partial charge is 0.434 e. The Hall–Kier alpha value is -2.96. The van der Waals surface area contributed by atoms with Gasteiger partial charge in [0.05, 0.1) is 5.56 Å². The van der Waals surface area contributed by atoms with E-state index in [2.05, 4.69) is 20.7 Å². The molecule has 0 atom stereocenters. The molecule has 4 rings (SSSR count). The first-order chi connectivity index (χ1) is 15.9. The van der Waals surface area contributed by atoms with E-state index in [0.29, 0.717) is 36.2 Å². The van der Waals surface area contributed by atoms with Crippen molar-refractivity contribution in [3.8, 4) is 0 Å². The van der Waals surface area contributed by atoms with Crippen LogP contribution >= 0.6 is 11.6 Å². The summed E-state index contributed by atoms with van der Waals surface area (Å²) in [6.07, 6.45) is -4.80. The predicted molar refractivity (Wildman–Crippen MR) is 111 cm³/mol. The van der Waals surface area contributed by atoms with E-state index in [-0.39, 0.29) is 28.4 Å². The number of carbonyl (C=O) groups excluding carboxylic acids is 1. The molecule has 0 bridgehead atoms. The molecule has 14 heteroatoms. The quantitative estimate of drug-likeness (QED) is 0.480. The van der Waals surface area contributed by atoms with Crippen LogP contribution in [0.3, 0.4) is 0 Å². The summed E-state index contributed by atoms with van der Waals surface area (Å²) in [5.41, 5.74) is -0.954. The molecule has 0 aliphatic heterocycles. The Balaban J connectivity index is 1.35. The van der Waals surface area contributed by atoms with Gasteiger partial charge in [-0.15, -0.1) is 0 Å². The van der Waals surface area contributed by atoms with Gasteiger partial charge in [0.1, 0.15) is 18.0 Å². The number of halogens is 7. The van der Waals surface area contributed by atoms with Gasteiger partial charge in [-0.1, -0.05) is 17.7 Å². The fourth-order valence-electron chi connectivity index (χ4n) is 3.93. The van der Waals surface area contributed by atoms with Gasteiger partial charge in [-0.25, -0.2) is 4.98 Å². The maximum atomic E-state index is 13.0. The number of hydrogen-bond acceptors (Lipinski definition) is 4. The number of fused-ring (bicyclic) bond motifs is 1. The first-order valence-corrected chi connectivity index (χ1v) is 10.7. The van der Waals surface area contributed by atoms with Crippen molar-refractivity contribution >= 4 is 29.0 Å². The number of aromatic nitrogens is 4.